The highest BCUT2D eigenvalue weighted by Crippen LogP contribution is 2.35. The summed E-state index contributed by atoms with van der Waals surface area (Å²) in [6, 6.07) is 7.40. The maximum Gasteiger partial charge on any atom is 0.412 e. The number of fused-ring (bicyclic) bond motifs is 1. The monoisotopic (exact) mass is 379 g/mol. The van der Waals surface area contributed by atoms with Crippen molar-refractivity contribution in [2.45, 2.75) is 19.1 Å². The highest BCUT2D eigenvalue weighted by molar-refractivity contribution is 6.08. The molecule has 5 nitrogen and oxygen atoms in total. The molecule has 1 atom stereocenters. The summed E-state index contributed by atoms with van der Waals surface area (Å²) in [5.74, 6) is -0.832. The lowest BCUT2D eigenvalue weighted by molar-refractivity contribution is -0.155. The highest BCUT2D eigenvalue weighted by Gasteiger charge is 2.42. The van der Waals surface area contributed by atoms with Gasteiger partial charge in [-0.3, -0.25) is 4.79 Å². The summed E-state index contributed by atoms with van der Waals surface area (Å²) in [5, 5.41) is 11.9. The number of ether oxygens (including phenoxy) is 1. The Hall–Kier alpha value is -3.16. The maximum absolute atomic E-state index is 13.5. The van der Waals surface area contributed by atoms with Gasteiger partial charge in [-0.05, 0) is 36.8 Å². The third-order valence-corrected chi connectivity index (χ3v) is 3.95. The summed E-state index contributed by atoms with van der Waals surface area (Å²) in [6.07, 6.45) is -3.70. The maximum atomic E-state index is 13.5. The van der Waals surface area contributed by atoms with Gasteiger partial charge in [0.05, 0.1) is 17.6 Å². The van der Waals surface area contributed by atoms with Crippen molar-refractivity contribution in [1.82, 2.24) is 5.32 Å². The Morgan fingerprint density at radius 3 is 2.56 bits per heavy atom. The standard InChI is InChI=1S/C19H16F3NO4/c1-2-26-12-8-6-11(7-9-12)17(19(20,21)22)23-18(25)13-10-27-15-5-3-4-14(24)16(13)15/h3-10,17,24H,2H2,1H3,(H,23,25). The molecule has 0 aliphatic heterocycles. The first-order chi connectivity index (χ1) is 12.8. The van der Waals surface area contributed by atoms with Crippen LogP contribution in [0.15, 0.2) is 53.1 Å². The average Bonchev–Trinajstić information content (AvgIpc) is 3.05. The van der Waals surface area contributed by atoms with Gasteiger partial charge in [0.15, 0.2) is 6.04 Å². The third-order valence-electron chi connectivity index (χ3n) is 3.95. The number of nitrogens with one attached hydrogen (secondary N) is 1. The number of phenolic OH excluding ortho intramolecular Hbond substituents is 1. The zero-order chi connectivity index (χ0) is 19.6. The van der Waals surface area contributed by atoms with Gasteiger partial charge in [-0.15, -0.1) is 0 Å². The lowest BCUT2D eigenvalue weighted by Crippen LogP contribution is -2.38. The molecule has 3 rings (SSSR count). The van der Waals surface area contributed by atoms with Crippen molar-refractivity contribution in [1.29, 1.82) is 0 Å². The second-order valence-corrected chi connectivity index (χ2v) is 5.75. The first-order valence-corrected chi connectivity index (χ1v) is 8.10. The number of carbonyl (C=O) groups excluding carboxylic acids is 1. The van der Waals surface area contributed by atoms with Gasteiger partial charge in [0.25, 0.3) is 5.91 Å². The number of carbonyl (C=O) groups is 1. The van der Waals surface area contributed by atoms with Crippen molar-refractivity contribution in [2.24, 2.45) is 0 Å². The Bertz CT molecular complexity index is 948. The van der Waals surface area contributed by atoms with E-state index in [1.165, 1.54) is 42.5 Å². The second kappa shape index (κ2) is 7.22. The Labute approximate surface area is 152 Å². The van der Waals surface area contributed by atoms with Gasteiger partial charge < -0.3 is 19.6 Å². The fourth-order valence-corrected chi connectivity index (χ4v) is 2.72. The number of aromatic hydroxyl groups is 1. The van der Waals surface area contributed by atoms with Gasteiger partial charge in [-0.1, -0.05) is 18.2 Å². The van der Waals surface area contributed by atoms with E-state index in [-0.39, 0.29) is 27.8 Å². The lowest BCUT2D eigenvalue weighted by atomic mass is 10.0. The fraction of sp³-hybridized carbons (Fsp3) is 0.211. The zero-order valence-corrected chi connectivity index (χ0v) is 14.2. The molecule has 0 saturated heterocycles. The van der Waals surface area contributed by atoms with Crippen LogP contribution in [-0.4, -0.2) is 23.8 Å². The van der Waals surface area contributed by atoms with E-state index in [0.29, 0.717) is 12.4 Å². The van der Waals surface area contributed by atoms with Crippen LogP contribution in [0.4, 0.5) is 13.2 Å². The van der Waals surface area contributed by atoms with E-state index in [4.69, 9.17) is 9.15 Å². The van der Waals surface area contributed by atoms with Crippen LogP contribution in [0.5, 0.6) is 11.5 Å². The molecule has 27 heavy (non-hydrogen) atoms. The molecule has 0 fully saturated rings. The van der Waals surface area contributed by atoms with E-state index in [1.807, 2.05) is 5.32 Å². The predicted octanol–water partition coefficient (Wildman–Crippen LogP) is 4.57. The number of phenols is 1. The minimum Gasteiger partial charge on any atom is -0.507 e. The van der Waals surface area contributed by atoms with E-state index in [2.05, 4.69) is 0 Å². The summed E-state index contributed by atoms with van der Waals surface area (Å²) in [5.41, 5.74) is -0.121. The van der Waals surface area contributed by atoms with Crippen molar-refractivity contribution in [3.63, 3.8) is 0 Å². The first kappa shape index (κ1) is 18.6. The van der Waals surface area contributed by atoms with Crippen molar-refractivity contribution in [3.05, 3.63) is 59.9 Å². The molecule has 2 N–H and O–H groups in total. The van der Waals surface area contributed by atoms with Crippen molar-refractivity contribution in [2.75, 3.05) is 6.61 Å². The van der Waals surface area contributed by atoms with E-state index in [1.54, 1.807) is 6.92 Å². The Morgan fingerprint density at radius 1 is 1.22 bits per heavy atom. The summed E-state index contributed by atoms with van der Waals surface area (Å²) < 4.78 is 51.0. The number of alkyl halides is 3. The molecular formula is C19H16F3NO4. The van der Waals surface area contributed by atoms with E-state index >= 15 is 0 Å². The highest BCUT2D eigenvalue weighted by atomic mass is 19.4. The minimum atomic E-state index is -4.72. The quantitative estimate of drug-likeness (QED) is 0.681. The number of hydrogen-bond donors (Lipinski definition) is 2. The Balaban J connectivity index is 1.91. The molecule has 0 spiro atoms. The number of hydrogen-bond acceptors (Lipinski definition) is 4. The zero-order valence-electron chi connectivity index (χ0n) is 14.2. The van der Waals surface area contributed by atoms with Crippen molar-refractivity contribution in [3.8, 4) is 11.5 Å². The fourth-order valence-electron chi connectivity index (χ4n) is 2.72. The third kappa shape index (κ3) is 3.84. The normalized spacial score (nSPS) is 12.7. The van der Waals surface area contributed by atoms with E-state index < -0.39 is 18.1 Å². The van der Waals surface area contributed by atoms with E-state index in [9.17, 15) is 23.1 Å². The van der Waals surface area contributed by atoms with Crippen LogP contribution in [0.1, 0.15) is 28.9 Å². The summed E-state index contributed by atoms with van der Waals surface area (Å²) in [7, 11) is 0. The number of amides is 1. The molecule has 1 heterocycles. The summed E-state index contributed by atoms with van der Waals surface area (Å²) in [4.78, 5) is 12.5. The van der Waals surface area contributed by atoms with Crippen LogP contribution in [0.2, 0.25) is 0 Å². The number of halogens is 3. The van der Waals surface area contributed by atoms with Crippen LogP contribution in [0, 0.1) is 0 Å². The van der Waals surface area contributed by atoms with Crippen LogP contribution < -0.4 is 10.1 Å². The molecule has 0 bridgehead atoms. The molecule has 1 unspecified atom stereocenters. The molecule has 0 saturated carbocycles. The summed E-state index contributed by atoms with van der Waals surface area (Å²) >= 11 is 0. The van der Waals surface area contributed by atoms with E-state index in [0.717, 1.165) is 6.26 Å². The predicted molar refractivity (Wildman–Crippen MR) is 91.8 cm³/mol. The number of rotatable bonds is 5. The van der Waals surface area contributed by atoms with Gasteiger partial charge >= 0.3 is 6.18 Å². The van der Waals surface area contributed by atoms with Crippen LogP contribution in [0.25, 0.3) is 11.0 Å². The van der Waals surface area contributed by atoms with Gasteiger partial charge in [0.1, 0.15) is 23.3 Å². The molecular weight excluding hydrogens is 363 g/mol. The SMILES string of the molecule is CCOc1ccc(C(NC(=O)c2coc3cccc(O)c23)C(F)(F)F)cc1. The number of benzene rings is 2. The molecule has 8 heteroatoms. The van der Waals surface area contributed by atoms with Gasteiger partial charge in [0, 0.05) is 0 Å². The molecule has 3 aromatic rings. The van der Waals surface area contributed by atoms with Gasteiger partial charge in [-0.2, -0.15) is 13.2 Å². The minimum absolute atomic E-state index is 0.0580. The molecule has 0 radical (unpaired) electrons. The smallest absolute Gasteiger partial charge is 0.412 e. The Kier molecular flexibility index (Phi) is 4.98. The molecule has 0 aliphatic rings. The van der Waals surface area contributed by atoms with Crippen molar-refractivity contribution >= 4 is 16.9 Å². The molecule has 0 aliphatic carbocycles. The molecule has 1 aromatic heterocycles. The van der Waals surface area contributed by atoms with Crippen LogP contribution in [0.3, 0.4) is 0 Å². The van der Waals surface area contributed by atoms with Gasteiger partial charge in [0.2, 0.25) is 0 Å². The van der Waals surface area contributed by atoms with Crippen LogP contribution in [-0.2, 0) is 0 Å². The molecule has 2 aromatic carbocycles. The number of furan rings is 1. The van der Waals surface area contributed by atoms with Crippen LogP contribution >= 0.6 is 0 Å². The first-order valence-electron chi connectivity index (χ1n) is 8.10. The molecule has 1 amide bonds. The largest absolute Gasteiger partial charge is 0.507 e. The van der Waals surface area contributed by atoms with Gasteiger partial charge in [-0.25, -0.2) is 0 Å². The topological polar surface area (TPSA) is 71.7 Å². The second-order valence-electron chi connectivity index (χ2n) is 5.75. The summed E-state index contributed by atoms with van der Waals surface area (Å²) in [6.45, 7) is 2.15. The molecule has 142 valence electrons. The Morgan fingerprint density at radius 2 is 1.93 bits per heavy atom. The lowest BCUT2D eigenvalue weighted by Gasteiger charge is -2.22. The average molecular weight is 379 g/mol. The van der Waals surface area contributed by atoms with Crippen molar-refractivity contribution < 1.29 is 32.2 Å².